The molecule has 0 amide bonds. The van der Waals surface area contributed by atoms with E-state index in [4.69, 9.17) is 9.15 Å². The summed E-state index contributed by atoms with van der Waals surface area (Å²) in [5, 5.41) is 0.972. The molecule has 0 saturated carbocycles. The normalized spacial score (nSPS) is 16.7. The maximum absolute atomic E-state index is 11.7. The molecule has 1 aliphatic rings. The average molecular weight is 304 g/mol. The van der Waals surface area contributed by atoms with E-state index >= 15 is 0 Å². The smallest absolute Gasteiger partial charge is 0.336 e. The zero-order valence-electron chi connectivity index (χ0n) is 12.8. The van der Waals surface area contributed by atoms with E-state index in [1.54, 1.807) is 0 Å². The summed E-state index contributed by atoms with van der Waals surface area (Å²) in [5.41, 5.74) is 3.39. The van der Waals surface area contributed by atoms with Crippen molar-refractivity contribution in [1.29, 1.82) is 0 Å². The van der Waals surface area contributed by atoms with E-state index in [0.29, 0.717) is 12.0 Å². The van der Waals surface area contributed by atoms with Gasteiger partial charge in [-0.3, -0.25) is 0 Å². The molecule has 0 saturated heterocycles. The minimum atomic E-state index is -0.313. The molecule has 23 heavy (non-hydrogen) atoms. The summed E-state index contributed by atoms with van der Waals surface area (Å²) < 4.78 is 11.4. The Hall–Kier alpha value is -2.81. The average Bonchev–Trinajstić information content (AvgIpc) is 2.97. The van der Waals surface area contributed by atoms with Crippen LogP contribution in [-0.4, -0.2) is 6.10 Å². The first-order valence-corrected chi connectivity index (χ1v) is 7.67. The van der Waals surface area contributed by atoms with E-state index in [0.717, 1.165) is 27.8 Å². The fourth-order valence-corrected chi connectivity index (χ4v) is 3.02. The molecule has 0 fully saturated rings. The van der Waals surface area contributed by atoms with Crippen LogP contribution in [-0.2, 0) is 6.42 Å². The van der Waals surface area contributed by atoms with Gasteiger partial charge in [0, 0.05) is 23.4 Å². The molecule has 0 bridgehead atoms. The second kappa shape index (κ2) is 5.43. The summed E-state index contributed by atoms with van der Waals surface area (Å²) in [7, 11) is 0. The summed E-state index contributed by atoms with van der Waals surface area (Å²) in [5.74, 6) is 0.800. The molecule has 1 aliphatic heterocycles. The van der Waals surface area contributed by atoms with Crippen molar-refractivity contribution < 1.29 is 9.15 Å². The monoisotopic (exact) mass is 304 g/mol. The van der Waals surface area contributed by atoms with E-state index in [9.17, 15) is 4.79 Å². The second-order valence-corrected chi connectivity index (χ2v) is 5.80. The quantitative estimate of drug-likeness (QED) is 0.669. The number of hydrogen-bond acceptors (Lipinski definition) is 3. The van der Waals surface area contributed by atoms with Gasteiger partial charge in [0.05, 0.1) is 0 Å². The Morgan fingerprint density at radius 1 is 1.13 bits per heavy atom. The topological polar surface area (TPSA) is 39.4 Å². The van der Waals surface area contributed by atoms with Gasteiger partial charge in [-0.1, -0.05) is 36.4 Å². The first kappa shape index (κ1) is 13.8. The Labute approximate surface area is 133 Å². The van der Waals surface area contributed by atoms with Gasteiger partial charge < -0.3 is 9.15 Å². The highest BCUT2D eigenvalue weighted by molar-refractivity contribution is 5.85. The number of ether oxygens (including phenoxy) is 1. The SMILES string of the molecule is Cc1cc(=O)oc2c3c(ccc12)OC(/C=C/c1ccccc1)C3. The van der Waals surface area contributed by atoms with Crippen molar-refractivity contribution in [3.8, 4) is 5.75 Å². The van der Waals surface area contributed by atoms with Crippen molar-refractivity contribution in [2.24, 2.45) is 0 Å². The van der Waals surface area contributed by atoms with Crippen LogP contribution >= 0.6 is 0 Å². The maximum atomic E-state index is 11.7. The molecule has 0 spiro atoms. The van der Waals surface area contributed by atoms with E-state index in [1.165, 1.54) is 6.07 Å². The van der Waals surface area contributed by atoms with Gasteiger partial charge in [0.1, 0.15) is 17.4 Å². The van der Waals surface area contributed by atoms with Gasteiger partial charge in [-0.25, -0.2) is 4.79 Å². The third kappa shape index (κ3) is 2.55. The van der Waals surface area contributed by atoms with Crippen molar-refractivity contribution in [2.45, 2.75) is 19.4 Å². The van der Waals surface area contributed by atoms with Crippen LogP contribution in [0.15, 0.2) is 63.8 Å². The first-order chi connectivity index (χ1) is 11.2. The lowest BCUT2D eigenvalue weighted by atomic mass is 10.0. The Balaban J connectivity index is 1.68. The molecule has 0 radical (unpaired) electrons. The molecule has 1 aromatic heterocycles. The minimum absolute atomic E-state index is 0.0402. The van der Waals surface area contributed by atoms with Crippen LogP contribution in [0.4, 0.5) is 0 Å². The van der Waals surface area contributed by atoms with Gasteiger partial charge in [0.15, 0.2) is 0 Å². The third-order valence-corrected chi connectivity index (χ3v) is 4.17. The summed E-state index contributed by atoms with van der Waals surface area (Å²) in [4.78, 5) is 11.7. The van der Waals surface area contributed by atoms with E-state index in [1.807, 2.05) is 37.3 Å². The lowest BCUT2D eigenvalue weighted by molar-refractivity contribution is 0.284. The Morgan fingerprint density at radius 3 is 2.78 bits per heavy atom. The van der Waals surface area contributed by atoms with Crippen LogP contribution in [0.25, 0.3) is 17.0 Å². The first-order valence-electron chi connectivity index (χ1n) is 7.67. The lowest BCUT2D eigenvalue weighted by Crippen LogP contribution is -2.08. The van der Waals surface area contributed by atoms with E-state index in [-0.39, 0.29) is 11.7 Å². The Morgan fingerprint density at radius 2 is 1.96 bits per heavy atom. The molecular weight excluding hydrogens is 288 g/mol. The minimum Gasteiger partial charge on any atom is -0.486 e. The van der Waals surface area contributed by atoms with Crippen LogP contribution in [0, 0.1) is 6.92 Å². The maximum Gasteiger partial charge on any atom is 0.336 e. The van der Waals surface area contributed by atoms with Gasteiger partial charge in [-0.05, 0) is 36.3 Å². The zero-order valence-corrected chi connectivity index (χ0v) is 12.8. The molecule has 3 aromatic rings. The van der Waals surface area contributed by atoms with Gasteiger partial charge in [-0.15, -0.1) is 0 Å². The number of hydrogen-bond donors (Lipinski definition) is 0. The largest absolute Gasteiger partial charge is 0.486 e. The molecule has 2 heterocycles. The summed E-state index contributed by atoms with van der Waals surface area (Å²) >= 11 is 0. The molecular formula is C20H16O3. The van der Waals surface area contributed by atoms with E-state index in [2.05, 4.69) is 24.3 Å². The highest BCUT2D eigenvalue weighted by atomic mass is 16.5. The van der Waals surface area contributed by atoms with Crippen molar-refractivity contribution in [3.63, 3.8) is 0 Å². The van der Waals surface area contributed by atoms with Crippen LogP contribution in [0.3, 0.4) is 0 Å². The number of aryl methyl sites for hydroxylation is 1. The molecule has 3 nitrogen and oxygen atoms in total. The fraction of sp³-hybridized carbons (Fsp3) is 0.150. The predicted molar refractivity (Wildman–Crippen MR) is 90.8 cm³/mol. The number of benzene rings is 2. The van der Waals surface area contributed by atoms with Gasteiger partial charge in [0.2, 0.25) is 0 Å². The zero-order chi connectivity index (χ0) is 15.8. The summed E-state index contributed by atoms with van der Waals surface area (Å²) in [6.07, 6.45) is 4.78. The summed E-state index contributed by atoms with van der Waals surface area (Å²) in [6, 6.07) is 15.6. The Bertz CT molecular complexity index is 952. The van der Waals surface area contributed by atoms with Crippen molar-refractivity contribution in [2.75, 3.05) is 0 Å². The highest BCUT2D eigenvalue weighted by Gasteiger charge is 2.24. The summed E-state index contributed by atoms with van der Waals surface area (Å²) in [6.45, 7) is 1.92. The van der Waals surface area contributed by atoms with E-state index < -0.39 is 0 Å². The van der Waals surface area contributed by atoms with Crippen molar-refractivity contribution in [3.05, 3.63) is 81.7 Å². The molecule has 1 atom stereocenters. The van der Waals surface area contributed by atoms with Crippen molar-refractivity contribution >= 4 is 17.0 Å². The highest BCUT2D eigenvalue weighted by Crippen LogP contribution is 2.35. The molecule has 0 aliphatic carbocycles. The molecule has 4 rings (SSSR count). The fourth-order valence-electron chi connectivity index (χ4n) is 3.02. The van der Waals surface area contributed by atoms with Gasteiger partial charge in [0.25, 0.3) is 0 Å². The number of fused-ring (bicyclic) bond motifs is 3. The lowest BCUT2D eigenvalue weighted by Gasteiger charge is -2.05. The van der Waals surface area contributed by atoms with Gasteiger partial charge in [-0.2, -0.15) is 0 Å². The second-order valence-electron chi connectivity index (χ2n) is 5.80. The van der Waals surface area contributed by atoms with Crippen LogP contribution in [0.5, 0.6) is 5.75 Å². The molecule has 114 valence electrons. The predicted octanol–water partition coefficient (Wildman–Crippen LogP) is 4.12. The molecule has 1 unspecified atom stereocenters. The molecule has 0 N–H and O–H groups in total. The third-order valence-electron chi connectivity index (χ3n) is 4.17. The van der Waals surface area contributed by atoms with Crippen molar-refractivity contribution in [1.82, 2.24) is 0 Å². The molecule has 3 heteroatoms. The standard InChI is InChI=1S/C20H16O3/c1-13-11-19(21)23-20-16(13)9-10-18-17(20)12-15(22-18)8-7-14-5-3-2-4-6-14/h2-11,15H,12H2,1H3/b8-7+. The molecule has 2 aromatic carbocycles. The number of rotatable bonds is 2. The van der Waals surface area contributed by atoms with Gasteiger partial charge >= 0.3 is 5.63 Å². The van der Waals surface area contributed by atoms with Crippen LogP contribution in [0.2, 0.25) is 0 Å². The Kier molecular flexibility index (Phi) is 3.27. The van der Waals surface area contributed by atoms with Crippen LogP contribution in [0.1, 0.15) is 16.7 Å². The van der Waals surface area contributed by atoms with Crippen LogP contribution < -0.4 is 10.4 Å².